The Bertz CT molecular complexity index is 758. The third-order valence-electron chi connectivity index (χ3n) is 3.29. The van der Waals surface area contributed by atoms with Gasteiger partial charge in [0.15, 0.2) is 9.84 Å². The van der Waals surface area contributed by atoms with Crippen LogP contribution in [0.2, 0.25) is 0 Å². The molecule has 2 atom stereocenters. The Balaban J connectivity index is 2.31. The van der Waals surface area contributed by atoms with Crippen molar-refractivity contribution in [2.45, 2.75) is 17.0 Å². The fourth-order valence-corrected chi connectivity index (χ4v) is 5.47. The first-order chi connectivity index (χ1) is 10.2. The molecule has 0 bridgehead atoms. The highest BCUT2D eigenvalue weighted by Gasteiger charge is 2.39. The molecule has 0 aliphatic carbocycles. The lowest BCUT2D eigenvalue weighted by molar-refractivity contribution is 0.176. The van der Waals surface area contributed by atoms with E-state index in [1.807, 2.05) is 0 Å². The number of sulfone groups is 1. The molecule has 8 nitrogen and oxygen atoms in total. The Morgan fingerprint density at radius 3 is 2.41 bits per heavy atom. The standard InChI is InChI=1S/C12H17NO7S2/c1-19-8-3-4-12(11(5-8)20-2)22(17,18)13-9-6-21(15,16)7-10(9)14/h3-5,9-10,13-14H,6-7H2,1-2H3/t9-,10+/m0/s1. The molecular formula is C12H17NO7S2. The van der Waals surface area contributed by atoms with Crippen molar-refractivity contribution >= 4 is 19.9 Å². The molecule has 0 aromatic heterocycles. The summed E-state index contributed by atoms with van der Waals surface area (Å²) >= 11 is 0. The highest BCUT2D eigenvalue weighted by molar-refractivity contribution is 7.92. The van der Waals surface area contributed by atoms with E-state index >= 15 is 0 Å². The SMILES string of the molecule is COc1ccc(S(=O)(=O)N[C@H]2CS(=O)(=O)C[C@H]2O)c(OC)c1. The first-order valence-electron chi connectivity index (χ1n) is 6.31. The monoisotopic (exact) mass is 351 g/mol. The van der Waals surface area contributed by atoms with Crippen molar-refractivity contribution in [3.05, 3.63) is 18.2 Å². The quantitative estimate of drug-likeness (QED) is 0.708. The van der Waals surface area contributed by atoms with E-state index in [0.29, 0.717) is 5.75 Å². The summed E-state index contributed by atoms with van der Waals surface area (Å²) in [5, 5.41) is 9.69. The lowest BCUT2D eigenvalue weighted by Crippen LogP contribution is -2.42. The Hall–Kier alpha value is -1.36. The minimum Gasteiger partial charge on any atom is -0.497 e. The molecule has 0 saturated carbocycles. The van der Waals surface area contributed by atoms with Gasteiger partial charge in [-0.05, 0) is 12.1 Å². The van der Waals surface area contributed by atoms with Gasteiger partial charge in [-0.15, -0.1) is 0 Å². The second kappa shape index (κ2) is 6.03. The van der Waals surface area contributed by atoms with Crippen molar-refractivity contribution in [1.29, 1.82) is 0 Å². The van der Waals surface area contributed by atoms with Gasteiger partial charge in [0.25, 0.3) is 0 Å². The number of sulfonamides is 1. The summed E-state index contributed by atoms with van der Waals surface area (Å²) in [7, 11) is -4.76. The maximum Gasteiger partial charge on any atom is 0.244 e. The van der Waals surface area contributed by atoms with Gasteiger partial charge < -0.3 is 14.6 Å². The predicted octanol–water partition coefficient (Wildman–Crippen LogP) is -0.860. The van der Waals surface area contributed by atoms with Gasteiger partial charge in [-0.2, -0.15) is 0 Å². The van der Waals surface area contributed by atoms with Crippen molar-refractivity contribution < 1.29 is 31.4 Å². The van der Waals surface area contributed by atoms with Gasteiger partial charge in [-0.25, -0.2) is 21.6 Å². The van der Waals surface area contributed by atoms with Crippen LogP contribution < -0.4 is 14.2 Å². The molecule has 22 heavy (non-hydrogen) atoms. The number of aliphatic hydroxyl groups is 1. The van der Waals surface area contributed by atoms with Gasteiger partial charge in [0.2, 0.25) is 10.0 Å². The van der Waals surface area contributed by atoms with Crippen molar-refractivity contribution in [1.82, 2.24) is 4.72 Å². The number of nitrogens with one attached hydrogen (secondary N) is 1. The zero-order valence-corrected chi connectivity index (χ0v) is 13.6. The molecule has 1 aliphatic rings. The first kappa shape index (κ1) is 17.0. The second-order valence-corrected chi connectivity index (χ2v) is 8.73. The van der Waals surface area contributed by atoms with E-state index < -0.39 is 43.5 Å². The average Bonchev–Trinajstić information content (AvgIpc) is 2.69. The number of methoxy groups -OCH3 is 2. The highest BCUT2D eigenvalue weighted by Crippen LogP contribution is 2.29. The molecule has 1 heterocycles. The maximum atomic E-state index is 12.4. The van der Waals surface area contributed by atoms with Crippen LogP contribution in [0.15, 0.2) is 23.1 Å². The van der Waals surface area contributed by atoms with E-state index in [0.717, 1.165) is 0 Å². The van der Waals surface area contributed by atoms with Crippen LogP contribution in [-0.2, 0) is 19.9 Å². The Morgan fingerprint density at radius 2 is 1.91 bits per heavy atom. The van der Waals surface area contributed by atoms with Crippen molar-refractivity contribution in [3.63, 3.8) is 0 Å². The lowest BCUT2D eigenvalue weighted by Gasteiger charge is -2.17. The molecular weight excluding hydrogens is 334 g/mol. The Kier molecular flexibility index (Phi) is 4.66. The van der Waals surface area contributed by atoms with Crippen LogP contribution in [0.1, 0.15) is 0 Å². The first-order valence-corrected chi connectivity index (χ1v) is 9.62. The molecule has 0 spiro atoms. The summed E-state index contributed by atoms with van der Waals surface area (Å²) in [6.07, 6.45) is -1.27. The van der Waals surface area contributed by atoms with E-state index in [-0.39, 0.29) is 10.6 Å². The predicted molar refractivity (Wildman–Crippen MR) is 78.3 cm³/mol. The fourth-order valence-electron chi connectivity index (χ4n) is 2.20. The molecule has 10 heteroatoms. The summed E-state index contributed by atoms with van der Waals surface area (Å²) in [6, 6.07) is 3.05. The van der Waals surface area contributed by atoms with E-state index in [1.165, 1.54) is 32.4 Å². The van der Waals surface area contributed by atoms with Crippen LogP contribution in [0.3, 0.4) is 0 Å². The topological polar surface area (TPSA) is 119 Å². The van der Waals surface area contributed by atoms with Crippen molar-refractivity contribution in [2.24, 2.45) is 0 Å². The van der Waals surface area contributed by atoms with Crippen LogP contribution in [0.4, 0.5) is 0 Å². The van der Waals surface area contributed by atoms with E-state index in [2.05, 4.69) is 4.72 Å². The van der Waals surface area contributed by atoms with Gasteiger partial charge in [0.1, 0.15) is 16.4 Å². The van der Waals surface area contributed by atoms with Gasteiger partial charge in [0, 0.05) is 6.07 Å². The lowest BCUT2D eigenvalue weighted by atomic mass is 10.2. The van der Waals surface area contributed by atoms with Crippen molar-refractivity contribution in [2.75, 3.05) is 25.7 Å². The zero-order valence-electron chi connectivity index (χ0n) is 12.0. The fraction of sp³-hybridized carbons (Fsp3) is 0.500. The van der Waals surface area contributed by atoms with E-state index in [1.54, 1.807) is 0 Å². The number of ether oxygens (including phenoxy) is 2. The molecule has 0 unspecified atom stereocenters. The molecule has 2 N–H and O–H groups in total. The molecule has 0 radical (unpaired) electrons. The van der Waals surface area contributed by atoms with Crippen molar-refractivity contribution in [3.8, 4) is 11.5 Å². The van der Waals surface area contributed by atoms with Crippen LogP contribution in [0.5, 0.6) is 11.5 Å². The summed E-state index contributed by atoms with van der Waals surface area (Å²) in [4.78, 5) is -0.160. The zero-order chi connectivity index (χ0) is 16.5. The summed E-state index contributed by atoms with van der Waals surface area (Å²) in [5.74, 6) is -0.423. The molecule has 1 saturated heterocycles. The molecule has 1 aromatic carbocycles. The van der Waals surface area contributed by atoms with E-state index in [4.69, 9.17) is 9.47 Å². The van der Waals surface area contributed by atoms with Crippen LogP contribution in [0, 0.1) is 0 Å². The third kappa shape index (κ3) is 3.51. The van der Waals surface area contributed by atoms with Crippen LogP contribution in [-0.4, -0.2) is 59.8 Å². The third-order valence-corrected chi connectivity index (χ3v) is 6.54. The number of benzene rings is 1. The molecule has 2 rings (SSSR count). The van der Waals surface area contributed by atoms with Gasteiger partial charge in [-0.3, -0.25) is 0 Å². The molecule has 1 aliphatic heterocycles. The smallest absolute Gasteiger partial charge is 0.244 e. The largest absolute Gasteiger partial charge is 0.497 e. The Morgan fingerprint density at radius 1 is 1.23 bits per heavy atom. The second-order valence-electron chi connectivity index (χ2n) is 4.89. The summed E-state index contributed by atoms with van der Waals surface area (Å²) < 4.78 is 59.9. The minimum absolute atomic E-state index is 0.0576. The maximum absolute atomic E-state index is 12.4. The number of rotatable bonds is 5. The van der Waals surface area contributed by atoms with Crippen LogP contribution >= 0.6 is 0 Å². The molecule has 0 amide bonds. The van der Waals surface area contributed by atoms with Gasteiger partial charge >= 0.3 is 0 Å². The number of hydrogen-bond acceptors (Lipinski definition) is 7. The summed E-state index contributed by atoms with van der Waals surface area (Å²) in [6.45, 7) is 0. The Labute approximate surface area is 129 Å². The average molecular weight is 351 g/mol. The molecule has 124 valence electrons. The highest BCUT2D eigenvalue weighted by atomic mass is 32.2. The molecule has 1 fully saturated rings. The van der Waals surface area contributed by atoms with Gasteiger partial charge in [-0.1, -0.05) is 0 Å². The van der Waals surface area contributed by atoms with Crippen LogP contribution in [0.25, 0.3) is 0 Å². The van der Waals surface area contributed by atoms with Gasteiger partial charge in [0.05, 0.1) is 37.9 Å². The number of aliphatic hydroxyl groups excluding tert-OH is 1. The minimum atomic E-state index is -4.05. The normalized spacial score (nSPS) is 24.1. The molecule has 1 aromatic rings. The summed E-state index contributed by atoms with van der Waals surface area (Å²) in [5.41, 5.74) is 0. The van der Waals surface area contributed by atoms with E-state index in [9.17, 15) is 21.9 Å². The number of hydrogen-bond donors (Lipinski definition) is 2.